The van der Waals surface area contributed by atoms with E-state index in [9.17, 15) is 25.0 Å². The Morgan fingerprint density at radius 2 is 1.80 bits per heavy atom. The Labute approximate surface area is 111 Å². The fraction of sp³-hybridized carbons (Fsp3) is 0.200. The van der Waals surface area contributed by atoms with Crippen LogP contribution in [0.1, 0.15) is 16.8 Å². The molecule has 1 aromatic carbocycles. The number of hydrogen-bond donors (Lipinski definition) is 2. The minimum atomic E-state index is -1.51. The topological polar surface area (TPSA) is 159 Å². The number of carboxylic acids is 1. The van der Waals surface area contributed by atoms with Crippen LogP contribution in [0.5, 0.6) is 0 Å². The maximum Gasteiger partial charge on any atom is 0.336 e. The molecule has 2 N–H and O–H groups in total. The van der Waals surface area contributed by atoms with Gasteiger partial charge in [-0.05, 0) is 0 Å². The largest absolute Gasteiger partial charge is 0.478 e. The lowest BCUT2D eigenvalue weighted by atomic mass is 10.1. The molecule has 0 unspecified atom stereocenters. The zero-order valence-electron chi connectivity index (χ0n) is 9.90. The van der Waals surface area contributed by atoms with Gasteiger partial charge in [0.05, 0.1) is 27.9 Å². The van der Waals surface area contributed by atoms with E-state index in [1.807, 2.05) is 0 Å². The molecule has 0 spiro atoms. The average molecular weight is 280 g/mol. The Hall–Kier alpha value is -3.22. The van der Waals surface area contributed by atoms with Crippen LogP contribution >= 0.6 is 0 Å². The number of carboxylic acid groups (broad SMARTS) is 1. The SMILES string of the molecule is N#CCCNc1c([N+](=O)[O-])cc(C(=O)O)cc1[N+](=O)[O-]. The Morgan fingerprint density at radius 1 is 1.30 bits per heavy atom. The maximum atomic E-state index is 10.9. The molecule has 10 heteroatoms. The highest BCUT2D eigenvalue weighted by Gasteiger charge is 2.28. The van der Waals surface area contributed by atoms with E-state index >= 15 is 0 Å². The van der Waals surface area contributed by atoms with Crippen LogP contribution in [0.15, 0.2) is 12.1 Å². The number of nitriles is 1. The van der Waals surface area contributed by atoms with Crippen LogP contribution < -0.4 is 5.32 Å². The van der Waals surface area contributed by atoms with E-state index in [-0.39, 0.29) is 13.0 Å². The number of nitro benzene ring substituents is 2. The summed E-state index contributed by atoms with van der Waals surface area (Å²) in [6, 6.07) is 3.22. The quantitative estimate of drug-likeness (QED) is 0.450. The summed E-state index contributed by atoms with van der Waals surface area (Å²) in [5.74, 6) is -1.51. The standard InChI is InChI=1S/C10H8N4O6/c11-2-1-3-12-9-7(13(17)18)4-6(10(15)16)5-8(9)14(19)20/h4-5,12H,1,3H2,(H,15,16). The number of nitrogens with one attached hydrogen (secondary N) is 1. The maximum absolute atomic E-state index is 10.9. The number of rotatable bonds is 6. The second kappa shape index (κ2) is 6.10. The summed E-state index contributed by atoms with van der Waals surface area (Å²) < 4.78 is 0. The molecule has 0 aromatic heterocycles. The van der Waals surface area contributed by atoms with Gasteiger partial charge >= 0.3 is 5.97 Å². The minimum Gasteiger partial charge on any atom is -0.478 e. The third-order valence-corrected chi connectivity index (χ3v) is 2.28. The highest BCUT2D eigenvalue weighted by atomic mass is 16.6. The summed E-state index contributed by atoms with van der Waals surface area (Å²) in [6.07, 6.45) is -0.0189. The second-order valence-electron chi connectivity index (χ2n) is 3.54. The highest BCUT2D eigenvalue weighted by Crippen LogP contribution is 2.35. The molecule has 0 atom stereocenters. The molecule has 0 saturated heterocycles. The first-order valence-electron chi connectivity index (χ1n) is 5.19. The van der Waals surface area contributed by atoms with Crippen LogP contribution in [0.4, 0.5) is 17.1 Å². The molecule has 0 radical (unpaired) electrons. The van der Waals surface area contributed by atoms with Gasteiger partial charge < -0.3 is 10.4 Å². The lowest BCUT2D eigenvalue weighted by Gasteiger charge is -2.07. The number of aromatic carboxylic acids is 1. The molecule has 0 aliphatic carbocycles. The molecule has 1 aromatic rings. The van der Waals surface area contributed by atoms with Crippen LogP contribution in [0.2, 0.25) is 0 Å². The van der Waals surface area contributed by atoms with Gasteiger partial charge in [-0.1, -0.05) is 0 Å². The number of benzene rings is 1. The summed E-state index contributed by atoms with van der Waals surface area (Å²) in [4.78, 5) is 30.7. The van der Waals surface area contributed by atoms with E-state index < -0.39 is 38.4 Å². The monoisotopic (exact) mass is 280 g/mol. The van der Waals surface area contributed by atoms with E-state index in [0.29, 0.717) is 0 Å². The fourth-order valence-electron chi connectivity index (χ4n) is 1.45. The van der Waals surface area contributed by atoms with Gasteiger partial charge in [0, 0.05) is 18.7 Å². The van der Waals surface area contributed by atoms with Crippen molar-refractivity contribution in [2.24, 2.45) is 0 Å². The van der Waals surface area contributed by atoms with Crippen molar-refractivity contribution in [2.75, 3.05) is 11.9 Å². The Kier molecular flexibility index (Phi) is 4.52. The predicted molar refractivity (Wildman–Crippen MR) is 65.4 cm³/mol. The van der Waals surface area contributed by atoms with Gasteiger partial charge in [-0.25, -0.2) is 4.79 Å². The van der Waals surface area contributed by atoms with Gasteiger partial charge in [0.1, 0.15) is 0 Å². The first-order chi connectivity index (χ1) is 9.38. The zero-order chi connectivity index (χ0) is 15.3. The lowest BCUT2D eigenvalue weighted by Crippen LogP contribution is -2.09. The van der Waals surface area contributed by atoms with Crippen molar-refractivity contribution in [3.63, 3.8) is 0 Å². The molecule has 0 amide bonds. The molecule has 0 aliphatic rings. The van der Waals surface area contributed by atoms with Crippen molar-refractivity contribution >= 4 is 23.0 Å². The zero-order valence-corrected chi connectivity index (χ0v) is 9.90. The third-order valence-electron chi connectivity index (χ3n) is 2.28. The Morgan fingerprint density at radius 3 is 2.15 bits per heavy atom. The van der Waals surface area contributed by atoms with Gasteiger partial charge in [-0.15, -0.1) is 0 Å². The second-order valence-corrected chi connectivity index (χ2v) is 3.54. The van der Waals surface area contributed by atoms with Crippen LogP contribution in [0.25, 0.3) is 0 Å². The number of nitrogens with zero attached hydrogens (tertiary/aromatic N) is 3. The molecule has 0 heterocycles. The van der Waals surface area contributed by atoms with E-state index in [2.05, 4.69) is 5.32 Å². The third kappa shape index (κ3) is 3.16. The van der Waals surface area contributed by atoms with E-state index in [1.165, 1.54) is 0 Å². The summed E-state index contributed by atoms with van der Waals surface area (Å²) in [6.45, 7) is -0.0371. The molecule has 20 heavy (non-hydrogen) atoms. The van der Waals surface area contributed by atoms with Crippen molar-refractivity contribution < 1.29 is 19.7 Å². The van der Waals surface area contributed by atoms with Crippen LogP contribution in [-0.2, 0) is 0 Å². The highest BCUT2D eigenvalue weighted by molar-refractivity contribution is 5.92. The summed E-state index contributed by atoms with van der Waals surface area (Å²) in [5, 5.41) is 41.4. The van der Waals surface area contributed by atoms with Crippen molar-refractivity contribution in [1.29, 1.82) is 5.26 Å². The van der Waals surface area contributed by atoms with Crippen LogP contribution in [-0.4, -0.2) is 27.5 Å². The number of anilines is 1. The molecule has 0 bridgehead atoms. The molecule has 0 saturated carbocycles. The van der Waals surface area contributed by atoms with E-state index in [4.69, 9.17) is 10.4 Å². The van der Waals surface area contributed by atoms with Crippen molar-refractivity contribution in [1.82, 2.24) is 0 Å². The van der Waals surface area contributed by atoms with Crippen LogP contribution in [0.3, 0.4) is 0 Å². The Balaban J connectivity index is 3.43. The van der Waals surface area contributed by atoms with E-state index in [0.717, 1.165) is 12.1 Å². The van der Waals surface area contributed by atoms with Crippen molar-refractivity contribution in [3.8, 4) is 6.07 Å². The van der Waals surface area contributed by atoms with Gasteiger partial charge in [0.25, 0.3) is 11.4 Å². The predicted octanol–water partition coefficient (Wildman–Crippen LogP) is 1.53. The molecule has 104 valence electrons. The van der Waals surface area contributed by atoms with Gasteiger partial charge in [0.2, 0.25) is 0 Å². The molecule has 10 nitrogen and oxygen atoms in total. The number of carbonyl (C=O) groups is 1. The van der Waals surface area contributed by atoms with Crippen LogP contribution in [0, 0.1) is 31.6 Å². The first-order valence-corrected chi connectivity index (χ1v) is 5.19. The number of hydrogen-bond acceptors (Lipinski definition) is 7. The molecule has 1 rings (SSSR count). The summed E-state index contributed by atoms with van der Waals surface area (Å²) >= 11 is 0. The fourth-order valence-corrected chi connectivity index (χ4v) is 1.45. The summed E-state index contributed by atoms with van der Waals surface area (Å²) in [5.41, 5.74) is -2.43. The van der Waals surface area contributed by atoms with Crippen molar-refractivity contribution in [3.05, 3.63) is 37.9 Å². The average Bonchev–Trinajstić information content (AvgIpc) is 2.37. The normalized spacial score (nSPS) is 9.55. The van der Waals surface area contributed by atoms with Gasteiger partial charge in [0.15, 0.2) is 5.69 Å². The smallest absolute Gasteiger partial charge is 0.336 e. The first kappa shape index (κ1) is 14.8. The molecular weight excluding hydrogens is 272 g/mol. The molecule has 0 fully saturated rings. The van der Waals surface area contributed by atoms with Crippen molar-refractivity contribution in [2.45, 2.75) is 6.42 Å². The molecule has 0 aliphatic heterocycles. The number of nitro groups is 2. The summed E-state index contributed by atoms with van der Waals surface area (Å²) in [7, 11) is 0. The van der Waals surface area contributed by atoms with Gasteiger partial charge in [-0.2, -0.15) is 5.26 Å². The van der Waals surface area contributed by atoms with E-state index in [1.54, 1.807) is 6.07 Å². The minimum absolute atomic E-state index is 0.0189. The lowest BCUT2D eigenvalue weighted by molar-refractivity contribution is -0.392. The Bertz CT molecular complexity index is 586. The van der Waals surface area contributed by atoms with Gasteiger partial charge in [-0.3, -0.25) is 20.2 Å². The molecular formula is C10H8N4O6.